The van der Waals surface area contributed by atoms with Crippen molar-refractivity contribution < 1.29 is 24.7 Å². The molecule has 6 nitrogen and oxygen atoms in total. The maximum Gasteiger partial charge on any atom is 0.303 e. The Balaban J connectivity index is 0.000000502. The van der Waals surface area contributed by atoms with E-state index in [1.54, 1.807) is 0 Å². The summed E-state index contributed by atoms with van der Waals surface area (Å²) in [7, 11) is 0. The molecular weight excluding hydrogens is 318 g/mol. The molecule has 1 rings (SSSR count). The van der Waals surface area contributed by atoms with Crippen molar-refractivity contribution in [3.05, 3.63) is 0 Å². The van der Waals surface area contributed by atoms with Crippen LogP contribution in [0.3, 0.4) is 0 Å². The predicted octanol–water partition coefficient (Wildman–Crippen LogP) is 3.43. The van der Waals surface area contributed by atoms with Crippen molar-refractivity contribution in [1.82, 2.24) is 5.06 Å². The molecule has 134 valence electrons. The number of carboxylic acids is 1. The van der Waals surface area contributed by atoms with Crippen LogP contribution in [0.2, 0.25) is 0 Å². The highest BCUT2D eigenvalue weighted by molar-refractivity contribution is 7.80. The van der Waals surface area contributed by atoms with Gasteiger partial charge in [-0.05, 0) is 18.6 Å². The smallest absolute Gasteiger partial charge is 0.303 e. The number of aliphatic carboxylic acids is 1. The van der Waals surface area contributed by atoms with Crippen molar-refractivity contribution in [3.8, 4) is 0 Å². The van der Waals surface area contributed by atoms with Gasteiger partial charge in [-0.1, -0.05) is 44.9 Å². The first-order chi connectivity index (χ1) is 11.0. The minimum Gasteiger partial charge on any atom is -0.481 e. The Kier molecular flexibility index (Phi) is 13.8. The fourth-order valence-electron chi connectivity index (χ4n) is 2.19. The zero-order valence-corrected chi connectivity index (χ0v) is 14.6. The molecule has 0 saturated carbocycles. The standard InChI is InChI=1S/C12H24O2S.C4H5NO3/c13-12(14)10-8-6-4-2-1-3-5-7-9-11-15;6-3-1-2-4(7)5(3)8/h15H,1-11H2,(H,13,14);8H,1-2H2. The van der Waals surface area contributed by atoms with Crippen LogP contribution in [0, 0.1) is 0 Å². The van der Waals surface area contributed by atoms with Crippen LogP contribution in [-0.4, -0.2) is 38.9 Å². The van der Waals surface area contributed by atoms with Crippen molar-refractivity contribution in [2.75, 3.05) is 5.75 Å². The lowest BCUT2D eigenvalue weighted by Gasteiger charge is -2.00. The zero-order chi connectivity index (χ0) is 17.5. The number of imide groups is 1. The van der Waals surface area contributed by atoms with Gasteiger partial charge in [-0.3, -0.25) is 19.6 Å². The number of hydrogen-bond acceptors (Lipinski definition) is 5. The first kappa shape index (κ1) is 21.9. The Bertz CT molecular complexity index is 346. The Morgan fingerprint density at radius 2 is 1.26 bits per heavy atom. The van der Waals surface area contributed by atoms with Crippen molar-refractivity contribution in [3.63, 3.8) is 0 Å². The first-order valence-electron chi connectivity index (χ1n) is 8.36. The van der Waals surface area contributed by atoms with Gasteiger partial charge in [-0.2, -0.15) is 17.7 Å². The molecule has 2 N–H and O–H groups in total. The summed E-state index contributed by atoms with van der Waals surface area (Å²) in [5.41, 5.74) is 0. The van der Waals surface area contributed by atoms with Crippen molar-refractivity contribution in [1.29, 1.82) is 0 Å². The first-order valence-corrected chi connectivity index (χ1v) is 8.99. The number of rotatable bonds is 11. The Hall–Kier alpha value is -1.08. The van der Waals surface area contributed by atoms with E-state index in [-0.39, 0.29) is 17.9 Å². The van der Waals surface area contributed by atoms with E-state index in [0.717, 1.165) is 18.6 Å². The summed E-state index contributed by atoms with van der Waals surface area (Å²) in [6, 6.07) is 0. The monoisotopic (exact) mass is 347 g/mol. The summed E-state index contributed by atoms with van der Waals surface area (Å²) in [5, 5.41) is 17.0. The second-order valence-electron chi connectivity index (χ2n) is 5.65. The lowest BCUT2D eigenvalue weighted by Crippen LogP contribution is -2.24. The largest absolute Gasteiger partial charge is 0.481 e. The van der Waals surface area contributed by atoms with Gasteiger partial charge in [0.1, 0.15) is 0 Å². The minimum atomic E-state index is -0.665. The second kappa shape index (κ2) is 14.5. The highest BCUT2D eigenvalue weighted by atomic mass is 32.1. The molecule has 1 fully saturated rings. The summed E-state index contributed by atoms with van der Waals surface area (Å²) < 4.78 is 0. The third-order valence-electron chi connectivity index (χ3n) is 3.57. The van der Waals surface area contributed by atoms with Crippen molar-refractivity contribution in [2.45, 2.75) is 77.0 Å². The molecule has 0 atom stereocenters. The highest BCUT2D eigenvalue weighted by Gasteiger charge is 2.26. The number of nitrogens with zero attached hydrogens (tertiary/aromatic N) is 1. The number of carbonyl (C=O) groups is 3. The molecule has 0 spiro atoms. The molecule has 0 aromatic carbocycles. The molecule has 0 bridgehead atoms. The lowest BCUT2D eigenvalue weighted by molar-refractivity contribution is -0.171. The summed E-state index contributed by atoms with van der Waals surface area (Å²) >= 11 is 4.17. The lowest BCUT2D eigenvalue weighted by atomic mass is 10.1. The number of unbranched alkanes of at least 4 members (excludes halogenated alkanes) is 8. The number of hydroxylamine groups is 2. The van der Waals surface area contributed by atoms with Gasteiger partial charge in [0, 0.05) is 19.3 Å². The van der Waals surface area contributed by atoms with Gasteiger partial charge in [0.2, 0.25) is 0 Å². The van der Waals surface area contributed by atoms with Crippen LogP contribution < -0.4 is 0 Å². The molecule has 0 aliphatic carbocycles. The van der Waals surface area contributed by atoms with Gasteiger partial charge in [-0.15, -0.1) is 0 Å². The van der Waals surface area contributed by atoms with Gasteiger partial charge in [0.25, 0.3) is 11.8 Å². The summed E-state index contributed by atoms with van der Waals surface area (Å²) in [6.07, 6.45) is 11.5. The van der Waals surface area contributed by atoms with E-state index >= 15 is 0 Å². The van der Waals surface area contributed by atoms with E-state index < -0.39 is 17.8 Å². The van der Waals surface area contributed by atoms with Crippen LogP contribution in [0.5, 0.6) is 0 Å². The van der Waals surface area contributed by atoms with Gasteiger partial charge >= 0.3 is 5.97 Å². The molecule has 1 heterocycles. The molecule has 0 unspecified atom stereocenters. The number of carbonyl (C=O) groups excluding carboxylic acids is 2. The molecule has 0 aromatic heterocycles. The van der Waals surface area contributed by atoms with Crippen LogP contribution >= 0.6 is 12.6 Å². The van der Waals surface area contributed by atoms with Crippen molar-refractivity contribution in [2.24, 2.45) is 0 Å². The Morgan fingerprint density at radius 1 is 0.870 bits per heavy atom. The fraction of sp³-hybridized carbons (Fsp3) is 0.812. The summed E-state index contributed by atoms with van der Waals surface area (Å²) in [5.74, 6) is -0.665. The van der Waals surface area contributed by atoms with E-state index in [1.165, 1.54) is 44.9 Å². The van der Waals surface area contributed by atoms with Gasteiger partial charge in [0.15, 0.2) is 0 Å². The van der Waals surface area contributed by atoms with E-state index in [0.29, 0.717) is 6.42 Å². The number of hydrogen-bond donors (Lipinski definition) is 3. The third kappa shape index (κ3) is 13.1. The van der Waals surface area contributed by atoms with Crippen LogP contribution in [0.1, 0.15) is 77.0 Å². The van der Waals surface area contributed by atoms with Gasteiger partial charge in [0.05, 0.1) is 0 Å². The molecular formula is C16H29NO5S. The number of amides is 2. The van der Waals surface area contributed by atoms with Crippen LogP contribution in [0.15, 0.2) is 0 Å². The maximum absolute atomic E-state index is 10.2. The Morgan fingerprint density at radius 3 is 1.57 bits per heavy atom. The fourth-order valence-corrected chi connectivity index (χ4v) is 2.41. The van der Waals surface area contributed by atoms with Crippen molar-refractivity contribution >= 4 is 30.4 Å². The molecule has 1 saturated heterocycles. The number of thiol groups is 1. The molecule has 1 aliphatic heterocycles. The minimum absolute atomic E-state index is 0.148. The van der Waals surface area contributed by atoms with Crippen LogP contribution in [0.25, 0.3) is 0 Å². The quantitative estimate of drug-likeness (QED) is 0.230. The molecule has 23 heavy (non-hydrogen) atoms. The molecule has 1 aliphatic rings. The summed E-state index contributed by atoms with van der Waals surface area (Å²) in [4.78, 5) is 30.7. The van der Waals surface area contributed by atoms with E-state index in [1.807, 2.05) is 0 Å². The Labute approximate surface area is 143 Å². The normalized spacial score (nSPS) is 13.9. The molecule has 2 amide bonds. The predicted molar refractivity (Wildman–Crippen MR) is 90.5 cm³/mol. The zero-order valence-electron chi connectivity index (χ0n) is 13.7. The molecule has 0 aromatic rings. The van der Waals surface area contributed by atoms with E-state index in [4.69, 9.17) is 10.3 Å². The third-order valence-corrected chi connectivity index (χ3v) is 3.89. The average Bonchev–Trinajstić information content (AvgIpc) is 2.81. The topological polar surface area (TPSA) is 94.9 Å². The second-order valence-corrected chi connectivity index (χ2v) is 6.10. The average molecular weight is 347 g/mol. The van der Waals surface area contributed by atoms with E-state index in [2.05, 4.69) is 12.6 Å². The van der Waals surface area contributed by atoms with Crippen LogP contribution in [0.4, 0.5) is 0 Å². The van der Waals surface area contributed by atoms with E-state index in [9.17, 15) is 14.4 Å². The van der Waals surface area contributed by atoms with Crippen LogP contribution in [-0.2, 0) is 14.4 Å². The SMILES string of the molecule is O=C(O)CCCCCCCCCCCS.O=C1CCC(=O)N1O. The van der Waals surface area contributed by atoms with Gasteiger partial charge in [-0.25, -0.2) is 0 Å². The number of carboxylic acid groups (broad SMARTS) is 1. The highest BCUT2D eigenvalue weighted by Crippen LogP contribution is 2.10. The molecule has 7 heteroatoms. The summed E-state index contributed by atoms with van der Waals surface area (Å²) in [6.45, 7) is 0. The molecule has 0 radical (unpaired) electrons. The maximum atomic E-state index is 10.2. The van der Waals surface area contributed by atoms with Gasteiger partial charge < -0.3 is 5.11 Å².